The Balaban J connectivity index is 1.80. The first-order valence-corrected chi connectivity index (χ1v) is 7.51. The molecule has 8 heteroatoms. The summed E-state index contributed by atoms with van der Waals surface area (Å²) in [5.41, 5.74) is 1.93. The summed E-state index contributed by atoms with van der Waals surface area (Å²) in [6.45, 7) is 1.66. The van der Waals surface area contributed by atoms with E-state index in [1.54, 1.807) is 55.3 Å². The largest absolute Gasteiger partial charge is 0.481 e. The van der Waals surface area contributed by atoms with Crippen molar-refractivity contribution in [2.24, 2.45) is 7.05 Å². The van der Waals surface area contributed by atoms with E-state index in [-0.39, 0.29) is 12.1 Å². The zero-order chi connectivity index (χ0) is 18.0. The molecule has 2 N–H and O–H groups in total. The number of aromatic nitrogens is 3. The number of aryl methyl sites for hydroxylation is 2. The van der Waals surface area contributed by atoms with Crippen LogP contribution in [0.15, 0.2) is 41.1 Å². The number of carbonyl (C=O) groups is 2. The molecule has 25 heavy (non-hydrogen) atoms. The molecule has 0 saturated carbocycles. The number of carbonyl (C=O) groups excluding carboxylic acids is 1. The third-order valence-electron chi connectivity index (χ3n) is 3.50. The maximum atomic E-state index is 12.4. The van der Waals surface area contributed by atoms with Gasteiger partial charge in [-0.05, 0) is 24.6 Å². The lowest BCUT2D eigenvalue weighted by Crippen LogP contribution is -2.14. The monoisotopic (exact) mass is 340 g/mol. The second kappa shape index (κ2) is 6.60. The van der Waals surface area contributed by atoms with Crippen molar-refractivity contribution in [3.63, 3.8) is 0 Å². The number of hydrogen-bond acceptors (Lipinski definition) is 5. The molecular weight excluding hydrogens is 324 g/mol. The number of rotatable bonds is 5. The van der Waals surface area contributed by atoms with Crippen molar-refractivity contribution in [1.29, 1.82) is 0 Å². The van der Waals surface area contributed by atoms with Crippen molar-refractivity contribution in [2.75, 3.05) is 5.32 Å². The lowest BCUT2D eigenvalue weighted by atomic mass is 10.1. The molecule has 1 amide bonds. The Morgan fingerprint density at radius 2 is 2.16 bits per heavy atom. The van der Waals surface area contributed by atoms with E-state index in [2.05, 4.69) is 15.4 Å². The molecule has 0 spiro atoms. The molecule has 0 saturated heterocycles. The van der Waals surface area contributed by atoms with Crippen molar-refractivity contribution >= 4 is 17.6 Å². The molecule has 0 radical (unpaired) electrons. The highest BCUT2D eigenvalue weighted by atomic mass is 16.4. The molecule has 1 aromatic carbocycles. The van der Waals surface area contributed by atoms with Crippen molar-refractivity contribution < 1.29 is 19.1 Å². The van der Waals surface area contributed by atoms with Gasteiger partial charge in [-0.2, -0.15) is 5.10 Å². The predicted octanol–water partition coefficient (Wildman–Crippen LogP) is 2.26. The molecule has 2 heterocycles. The van der Waals surface area contributed by atoms with E-state index < -0.39 is 11.9 Å². The van der Waals surface area contributed by atoms with E-state index in [4.69, 9.17) is 9.52 Å². The Hall–Kier alpha value is -3.42. The van der Waals surface area contributed by atoms with Crippen LogP contribution in [0.4, 0.5) is 5.69 Å². The average molecular weight is 340 g/mol. The summed E-state index contributed by atoms with van der Waals surface area (Å²) in [5, 5.41) is 15.6. The van der Waals surface area contributed by atoms with Gasteiger partial charge in [-0.15, -0.1) is 0 Å². The number of aliphatic carboxylic acids is 1. The quantitative estimate of drug-likeness (QED) is 0.737. The summed E-state index contributed by atoms with van der Waals surface area (Å²) in [6, 6.07) is 6.67. The number of benzene rings is 1. The highest BCUT2D eigenvalue weighted by Crippen LogP contribution is 2.22. The lowest BCUT2D eigenvalue weighted by Gasteiger charge is -2.05. The molecule has 0 bridgehead atoms. The van der Waals surface area contributed by atoms with Gasteiger partial charge in [0.15, 0.2) is 5.69 Å². The third-order valence-corrected chi connectivity index (χ3v) is 3.50. The lowest BCUT2D eigenvalue weighted by molar-refractivity contribution is -0.136. The van der Waals surface area contributed by atoms with Crippen LogP contribution in [0.1, 0.15) is 21.8 Å². The standard InChI is InChI=1S/C17H16N4O4/c1-10-15(20-17(25-10)12-8-18-21(2)9-12)16(24)19-13-5-3-4-11(6-13)7-14(22)23/h3-6,8-9H,7H2,1-2H3,(H,19,24)(H,22,23). The molecule has 3 aromatic rings. The highest BCUT2D eigenvalue weighted by Gasteiger charge is 2.19. The Bertz CT molecular complexity index is 942. The highest BCUT2D eigenvalue weighted by molar-refractivity contribution is 6.03. The van der Waals surface area contributed by atoms with Gasteiger partial charge in [0, 0.05) is 18.9 Å². The minimum atomic E-state index is -0.933. The Morgan fingerprint density at radius 3 is 2.84 bits per heavy atom. The maximum Gasteiger partial charge on any atom is 0.307 e. The Kier molecular flexibility index (Phi) is 4.34. The van der Waals surface area contributed by atoms with Crippen LogP contribution >= 0.6 is 0 Å². The van der Waals surface area contributed by atoms with Gasteiger partial charge in [-0.25, -0.2) is 4.98 Å². The molecule has 0 aliphatic heterocycles. The first kappa shape index (κ1) is 16.4. The van der Waals surface area contributed by atoms with Crippen molar-refractivity contribution in [3.8, 4) is 11.5 Å². The van der Waals surface area contributed by atoms with Crippen LogP contribution in [-0.4, -0.2) is 31.7 Å². The summed E-state index contributed by atoms with van der Waals surface area (Å²) >= 11 is 0. The van der Waals surface area contributed by atoms with Crippen molar-refractivity contribution in [3.05, 3.63) is 53.7 Å². The third kappa shape index (κ3) is 3.74. The molecule has 3 rings (SSSR count). The van der Waals surface area contributed by atoms with E-state index in [9.17, 15) is 9.59 Å². The summed E-state index contributed by atoms with van der Waals surface area (Å²) in [7, 11) is 1.77. The predicted molar refractivity (Wildman–Crippen MR) is 89.2 cm³/mol. The van der Waals surface area contributed by atoms with Gasteiger partial charge < -0.3 is 14.8 Å². The zero-order valence-electron chi connectivity index (χ0n) is 13.7. The molecule has 0 fully saturated rings. The fourth-order valence-corrected chi connectivity index (χ4v) is 2.39. The van der Waals surface area contributed by atoms with Crippen LogP contribution in [0.5, 0.6) is 0 Å². The minimum Gasteiger partial charge on any atom is -0.481 e. The van der Waals surface area contributed by atoms with Crippen LogP contribution in [0.2, 0.25) is 0 Å². The first-order chi connectivity index (χ1) is 11.9. The number of amides is 1. The number of carboxylic acids is 1. The number of hydrogen-bond donors (Lipinski definition) is 2. The van der Waals surface area contributed by atoms with E-state index >= 15 is 0 Å². The van der Waals surface area contributed by atoms with Gasteiger partial charge in [0.25, 0.3) is 5.91 Å². The summed E-state index contributed by atoms with van der Waals surface area (Å²) in [4.78, 5) is 27.5. The second-order valence-electron chi connectivity index (χ2n) is 5.55. The SMILES string of the molecule is Cc1oc(-c2cnn(C)c2)nc1C(=O)Nc1cccc(CC(=O)O)c1. The fourth-order valence-electron chi connectivity index (χ4n) is 2.39. The first-order valence-electron chi connectivity index (χ1n) is 7.51. The van der Waals surface area contributed by atoms with Crippen LogP contribution in [0.3, 0.4) is 0 Å². The van der Waals surface area contributed by atoms with Crippen LogP contribution in [0.25, 0.3) is 11.5 Å². The molecule has 128 valence electrons. The number of carboxylic acid groups (broad SMARTS) is 1. The van der Waals surface area contributed by atoms with E-state index in [1.165, 1.54) is 0 Å². The second-order valence-corrected chi connectivity index (χ2v) is 5.55. The number of anilines is 1. The van der Waals surface area contributed by atoms with Gasteiger partial charge in [-0.1, -0.05) is 12.1 Å². The maximum absolute atomic E-state index is 12.4. The minimum absolute atomic E-state index is 0.113. The Morgan fingerprint density at radius 1 is 1.36 bits per heavy atom. The number of nitrogens with zero attached hydrogens (tertiary/aromatic N) is 3. The zero-order valence-corrected chi connectivity index (χ0v) is 13.7. The summed E-state index contributed by atoms with van der Waals surface area (Å²) < 4.78 is 7.16. The van der Waals surface area contributed by atoms with E-state index in [1.807, 2.05) is 0 Å². The fraction of sp³-hybridized carbons (Fsp3) is 0.176. The number of oxazole rings is 1. The molecular formula is C17H16N4O4. The van der Waals surface area contributed by atoms with Gasteiger partial charge >= 0.3 is 5.97 Å². The molecule has 0 unspecified atom stereocenters. The van der Waals surface area contributed by atoms with Crippen LogP contribution in [-0.2, 0) is 18.3 Å². The topological polar surface area (TPSA) is 110 Å². The molecule has 0 atom stereocenters. The van der Waals surface area contributed by atoms with E-state index in [0.717, 1.165) is 0 Å². The molecule has 0 aliphatic carbocycles. The smallest absolute Gasteiger partial charge is 0.307 e. The van der Waals surface area contributed by atoms with E-state index in [0.29, 0.717) is 28.5 Å². The number of nitrogens with one attached hydrogen (secondary N) is 1. The van der Waals surface area contributed by atoms with Crippen LogP contribution in [0, 0.1) is 6.92 Å². The van der Waals surface area contributed by atoms with Crippen molar-refractivity contribution in [1.82, 2.24) is 14.8 Å². The summed E-state index contributed by atoms with van der Waals surface area (Å²) in [6.07, 6.45) is 3.22. The van der Waals surface area contributed by atoms with Crippen molar-refractivity contribution in [2.45, 2.75) is 13.3 Å². The van der Waals surface area contributed by atoms with Gasteiger partial charge in [-0.3, -0.25) is 14.3 Å². The molecule has 2 aromatic heterocycles. The molecule has 0 aliphatic rings. The summed E-state index contributed by atoms with van der Waals surface area (Å²) in [5.74, 6) is -0.658. The van der Waals surface area contributed by atoms with Crippen LogP contribution < -0.4 is 5.32 Å². The van der Waals surface area contributed by atoms with Gasteiger partial charge in [0.1, 0.15) is 5.76 Å². The van der Waals surface area contributed by atoms with Gasteiger partial charge in [0.2, 0.25) is 5.89 Å². The molecule has 8 nitrogen and oxygen atoms in total. The average Bonchev–Trinajstić information content (AvgIpc) is 3.13. The Labute approximate surface area is 143 Å². The van der Waals surface area contributed by atoms with Gasteiger partial charge in [0.05, 0.1) is 18.2 Å². The normalized spacial score (nSPS) is 10.6.